The van der Waals surface area contributed by atoms with Crippen LogP contribution in [0.5, 0.6) is 5.75 Å². The monoisotopic (exact) mass is 258 g/mol. The van der Waals surface area contributed by atoms with E-state index in [2.05, 4.69) is 4.98 Å². The second kappa shape index (κ2) is 5.05. The van der Waals surface area contributed by atoms with Gasteiger partial charge in [-0.1, -0.05) is 12.1 Å². The van der Waals surface area contributed by atoms with Crippen LogP contribution in [0.3, 0.4) is 0 Å². The molecule has 1 atom stereocenters. The third-order valence-electron chi connectivity index (χ3n) is 3.68. The van der Waals surface area contributed by atoms with Crippen molar-refractivity contribution in [1.29, 1.82) is 0 Å². The molecule has 100 valence electrons. The van der Waals surface area contributed by atoms with Crippen LogP contribution in [-0.2, 0) is 19.3 Å². The molecule has 0 fully saturated rings. The van der Waals surface area contributed by atoms with Crippen molar-refractivity contribution in [2.45, 2.75) is 25.7 Å². The van der Waals surface area contributed by atoms with Gasteiger partial charge in [0.15, 0.2) is 5.89 Å². The number of nitrogens with two attached hydrogens (primary N) is 1. The summed E-state index contributed by atoms with van der Waals surface area (Å²) in [6, 6.07) is 7.20. The van der Waals surface area contributed by atoms with Gasteiger partial charge in [-0.3, -0.25) is 0 Å². The number of phenolic OH excluding ortho intramolecular Hbond substituents is 1. The molecule has 1 unspecified atom stereocenters. The van der Waals surface area contributed by atoms with Gasteiger partial charge in [-0.15, -0.1) is 0 Å². The van der Waals surface area contributed by atoms with Crippen LogP contribution >= 0.6 is 0 Å². The number of aromatic hydroxyl groups is 1. The summed E-state index contributed by atoms with van der Waals surface area (Å²) in [5.41, 5.74) is 7.80. The van der Waals surface area contributed by atoms with E-state index in [0.29, 0.717) is 18.9 Å². The van der Waals surface area contributed by atoms with Crippen molar-refractivity contribution < 1.29 is 9.52 Å². The highest BCUT2D eigenvalue weighted by molar-refractivity contribution is 5.29. The fourth-order valence-electron chi connectivity index (χ4n) is 2.62. The topological polar surface area (TPSA) is 72.3 Å². The molecule has 0 aliphatic heterocycles. The highest BCUT2D eigenvalue weighted by atomic mass is 16.4. The molecule has 1 aromatic heterocycles. The number of rotatable bonds is 3. The molecule has 0 saturated carbocycles. The van der Waals surface area contributed by atoms with Crippen LogP contribution < -0.4 is 5.73 Å². The molecule has 0 amide bonds. The quantitative estimate of drug-likeness (QED) is 0.883. The number of benzene rings is 1. The first-order valence-electron chi connectivity index (χ1n) is 6.70. The van der Waals surface area contributed by atoms with Crippen molar-refractivity contribution in [3.05, 3.63) is 47.2 Å². The maximum atomic E-state index is 9.45. The number of fused-ring (bicyclic) bond motifs is 1. The Balaban J connectivity index is 1.78. The molecule has 1 heterocycles. The molecular formula is C15H18N2O2. The zero-order valence-corrected chi connectivity index (χ0v) is 10.8. The zero-order chi connectivity index (χ0) is 13.2. The van der Waals surface area contributed by atoms with Gasteiger partial charge in [0.2, 0.25) is 0 Å². The van der Waals surface area contributed by atoms with Gasteiger partial charge in [0.05, 0.1) is 5.69 Å². The van der Waals surface area contributed by atoms with E-state index in [0.717, 1.165) is 42.2 Å². The summed E-state index contributed by atoms with van der Waals surface area (Å²) < 4.78 is 5.81. The van der Waals surface area contributed by atoms with Crippen LogP contribution in [0.4, 0.5) is 0 Å². The number of phenols is 1. The minimum Gasteiger partial charge on any atom is -0.508 e. The largest absolute Gasteiger partial charge is 0.508 e. The SMILES string of the molecule is NCC1CCc2oc(Cc3cccc(O)c3)nc2C1. The molecule has 19 heavy (non-hydrogen) atoms. The molecule has 1 aromatic carbocycles. The van der Waals surface area contributed by atoms with Crippen LogP contribution in [-0.4, -0.2) is 16.6 Å². The Hall–Kier alpha value is -1.81. The van der Waals surface area contributed by atoms with Crippen LogP contribution in [0, 0.1) is 5.92 Å². The average Bonchev–Trinajstić information content (AvgIpc) is 2.79. The summed E-state index contributed by atoms with van der Waals surface area (Å²) in [6.45, 7) is 0.716. The van der Waals surface area contributed by atoms with Gasteiger partial charge in [0.1, 0.15) is 11.5 Å². The van der Waals surface area contributed by atoms with Crippen molar-refractivity contribution in [3.8, 4) is 5.75 Å². The second-order valence-corrected chi connectivity index (χ2v) is 5.17. The lowest BCUT2D eigenvalue weighted by Gasteiger charge is -2.17. The van der Waals surface area contributed by atoms with E-state index in [1.807, 2.05) is 12.1 Å². The van der Waals surface area contributed by atoms with Crippen molar-refractivity contribution in [2.75, 3.05) is 6.54 Å². The van der Waals surface area contributed by atoms with E-state index >= 15 is 0 Å². The highest BCUT2D eigenvalue weighted by Crippen LogP contribution is 2.26. The molecule has 1 aliphatic carbocycles. The minimum atomic E-state index is 0.275. The lowest BCUT2D eigenvalue weighted by Crippen LogP contribution is -2.21. The summed E-state index contributed by atoms with van der Waals surface area (Å²) in [7, 11) is 0. The number of hydrogen-bond acceptors (Lipinski definition) is 4. The number of nitrogens with zero attached hydrogens (tertiary/aromatic N) is 1. The first kappa shape index (κ1) is 12.2. The zero-order valence-electron chi connectivity index (χ0n) is 10.8. The average molecular weight is 258 g/mol. The van der Waals surface area contributed by atoms with E-state index in [1.165, 1.54) is 0 Å². The Bertz CT molecular complexity index is 577. The van der Waals surface area contributed by atoms with Gasteiger partial charge < -0.3 is 15.3 Å². The van der Waals surface area contributed by atoms with Crippen LogP contribution in [0.15, 0.2) is 28.7 Å². The smallest absolute Gasteiger partial charge is 0.199 e. The molecule has 0 spiro atoms. The number of aryl methyl sites for hydroxylation is 1. The first-order valence-corrected chi connectivity index (χ1v) is 6.70. The normalized spacial score (nSPS) is 18.3. The van der Waals surface area contributed by atoms with Gasteiger partial charge in [-0.2, -0.15) is 0 Å². The summed E-state index contributed by atoms with van der Waals surface area (Å²) in [5, 5.41) is 9.45. The maximum Gasteiger partial charge on any atom is 0.199 e. The molecule has 1 aliphatic rings. The maximum absolute atomic E-state index is 9.45. The number of oxazole rings is 1. The van der Waals surface area contributed by atoms with Crippen molar-refractivity contribution in [1.82, 2.24) is 4.98 Å². The van der Waals surface area contributed by atoms with Gasteiger partial charge in [-0.25, -0.2) is 4.98 Å². The van der Waals surface area contributed by atoms with Crippen LogP contribution in [0.2, 0.25) is 0 Å². The van der Waals surface area contributed by atoms with Gasteiger partial charge in [-0.05, 0) is 43.0 Å². The fraction of sp³-hybridized carbons (Fsp3) is 0.400. The molecule has 0 bridgehead atoms. The van der Waals surface area contributed by atoms with Crippen LogP contribution in [0.1, 0.15) is 29.3 Å². The molecule has 0 saturated heterocycles. The molecular weight excluding hydrogens is 240 g/mol. The van der Waals surface area contributed by atoms with E-state index in [1.54, 1.807) is 12.1 Å². The molecule has 3 N–H and O–H groups in total. The Labute approximate surface area is 112 Å². The lowest BCUT2D eigenvalue weighted by atomic mass is 9.90. The van der Waals surface area contributed by atoms with Crippen molar-refractivity contribution >= 4 is 0 Å². The first-order chi connectivity index (χ1) is 9.24. The molecule has 3 rings (SSSR count). The molecule has 4 heteroatoms. The lowest BCUT2D eigenvalue weighted by molar-refractivity contribution is 0.399. The summed E-state index contributed by atoms with van der Waals surface area (Å²) in [4.78, 5) is 4.57. The Morgan fingerprint density at radius 2 is 2.32 bits per heavy atom. The predicted octanol–water partition coefficient (Wildman–Crippen LogP) is 2.03. The van der Waals surface area contributed by atoms with Crippen molar-refractivity contribution in [3.63, 3.8) is 0 Å². The molecule has 2 aromatic rings. The summed E-state index contributed by atoms with van der Waals surface area (Å²) in [6.07, 6.45) is 3.57. The standard InChI is InChI=1S/C15H18N2O2/c16-9-11-4-5-14-13(7-11)17-15(19-14)8-10-2-1-3-12(18)6-10/h1-3,6,11,18H,4-5,7-9,16H2. The number of hydrogen-bond donors (Lipinski definition) is 2. The van der Waals surface area contributed by atoms with E-state index < -0.39 is 0 Å². The third-order valence-corrected chi connectivity index (χ3v) is 3.68. The third kappa shape index (κ3) is 2.63. The Kier molecular flexibility index (Phi) is 3.25. The Morgan fingerprint density at radius 3 is 3.11 bits per heavy atom. The second-order valence-electron chi connectivity index (χ2n) is 5.17. The summed E-state index contributed by atoms with van der Waals surface area (Å²) >= 11 is 0. The molecule has 4 nitrogen and oxygen atoms in total. The van der Waals surface area contributed by atoms with Gasteiger partial charge in [0, 0.05) is 12.8 Å². The minimum absolute atomic E-state index is 0.275. The number of aromatic nitrogens is 1. The van der Waals surface area contributed by atoms with Gasteiger partial charge in [0.25, 0.3) is 0 Å². The predicted molar refractivity (Wildman–Crippen MR) is 72.0 cm³/mol. The highest BCUT2D eigenvalue weighted by Gasteiger charge is 2.23. The van der Waals surface area contributed by atoms with Crippen molar-refractivity contribution in [2.24, 2.45) is 11.7 Å². The Morgan fingerprint density at radius 1 is 1.42 bits per heavy atom. The van der Waals surface area contributed by atoms with E-state index in [-0.39, 0.29) is 5.75 Å². The van der Waals surface area contributed by atoms with Crippen LogP contribution in [0.25, 0.3) is 0 Å². The fourth-order valence-corrected chi connectivity index (χ4v) is 2.62. The van der Waals surface area contributed by atoms with E-state index in [4.69, 9.17) is 10.2 Å². The molecule has 0 radical (unpaired) electrons. The van der Waals surface area contributed by atoms with Gasteiger partial charge >= 0.3 is 0 Å². The summed E-state index contributed by atoms with van der Waals surface area (Å²) in [5.74, 6) is 2.55. The van der Waals surface area contributed by atoms with E-state index in [9.17, 15) is 5.11 Å².